The highest BCUT2D eigenvalue weighted by molar-refractivity contribution is 5.87. The van der Waals surface area contributed by atoms with E-state index in [0.29, 0.717) is 31.0 Å². The zero-order valence-corrected chi connectivity index (χ0v) is 18.6. The fraction of sp³-hybridized carbons (Fsp3) is 0.636. The Labute approximate surface area is 180 Å². The van der Waals surface area contributed by atoms with Crippen LogP contribution in [0, 0.1) is 12.8 Å². The first-order valence-corrected chi connectivity index (χ1v) is 10.6. The minimum absolute atomic E-state index is 0. The molecule has 2 bridgehead atoms. The number of urea groups is 1. The zero-order valence-electron chi connectivity index (χ0n) is 17.7. The summed E-state index contributed by atoms with van der Waals surface area (Å²) in [4.78, 5) is 27.6. The number of hydrogen-bond acceptors (Lipinski definition) is 3. The molecule has 2 heterocycles. The average Bonchev–Trinajstić information content (AvgIpc) is 2.98. The Balaban J connectivity index is 0.00000300. The summed E-state index contributed by atoms with van der Waals surface area (Å²) in [7, 11) is 0. The smallest absolute Gasteiger partial charge is 0.315 e. The van der Waals surface area contributed by atoms with Gasteiger partial charge in [-0.1, -0.05) is 43.7 Å². The van der Waals surface area contributed by atoms with Crippen LogP contribution in [0.5, 0.6) is 0 Å². The van der Waals surface area contributed by atoms with Crippen LogP contribution >= 0.6 is 12.4 Å². The number of aryl methyl sites for hydroxylation is 1. The van der Waals surface area contributed by atoms with Gasteiger partial charge in [-0.2, -0.15) is 0 Å². The summed E-state index contributed by atoms with van der Waals surface area (Å²) < 4.78 is 0. The van der Waals surface area contributed by atoms with E-state index in [1.54, 1.807) is 0 Å². The topological polar surface area (TPSA) is 73.5 Å². The van der Waals surface area contributed by atoms with Crippen molar-refractivity contribution in [2.45, 2.75) is 71.1 Å². The van der Waals surface area contributed by atoms with Gasteiger partial charge in [-0.15, -0.1) is 12.4 Å². The number of fused-ring (bicyclic) bond motifs is 2. The van der Waals surface area contributed by atoms with Gasteiger partial charge in [0.15, 0.2) is 0 Å². The summed E-state index contributed by atoms with van der Waals surface area (Å²) in [6.07, 6.45) is 3.99. The maximum atomic E-state index is 13.2. The second-order valence-electron chi connectivity index (χ2n) is 8.71. The predicted octanol–water partition coefficient (Wildman–Crippen LogP) is 2.98. The van der Waals surface area contributed by atoms with E-state index in [1.165, 1.54) is 12.0 Å². The number of nitrogens with zero attached hydrogens (tertiary/aromatic N) is 1. The molecule has 3 N–H and O–H groups in total. The van der Waals surface area contributed by atoms with Crippen LogP contribution in [0.15, 0.2) is 24.3 Å². The van der Waals surface area contributed by atoms with E-state index < -0.39 is 6.04 Å². The molecule has 7 heteroatoms. The Morgan fingerprint density at radius 2 is 1.83 bits per heavy atom. The minimum atomic E-state index is -0.477. The van der Waals surface area contributed by atoms with Crippen molar-refractivity contribution >= 4 is 24.3 Å². The molecule has 3 atom stereocenters. The molecule has 3 amide bonds. The fourth-order valence-corrected chi connectivity index (χ4v) is 4.15. The molecule has 1 aromatic carbocycles. The first-order chi connectivity index (χ1) is 13.4. The number of nitrogens with one attached hydrogen (secondary N) is 3. The van der Waals surface area contributed by atoms with Gasteiger partial charge in [0.1, 0.15) is 6.04 Å². The summed E-state index contributed by atoms with van der Waals surface area (Å²) >= 11 is 0. The third-order valence-electron chi connectivity index (χ3n) is 5.72. The first-order valence-electron chi connectivity index (χ1n) is 10.6. The largest absolute Gasteiger partial charge is 0.339 e. The lowest BCUT2D eigenvalue weighted by Crippen LogP contribution is -2.53. The molecule has 2 fully saturated rings. The molecule has 162 valence electrons. The van der Waals surface area contributed by atoms with Crippen LogP contribution < -0.4 is 16.0 Å². The molecule has 2 aliphatic rings. The molecular formula is C22H35ClN4O2. The molecule has 3 unspecified atom stereocenters. The Morgan fingerprint density at radius 3 is 2.52 bits per heavy atom. The molecule has 0 spiro atoms. The standard InChI is InChI=1S/C22H34N4O2.ClH/c1-15(2)12-20(21(27)26-11-10-18-8-9-19(14-26)24-18)25-22(28)23-13-17-6-4-16(3)5-7-17;/h4-7,15,18-20,24H,8-14H2,1-3H3,(H2,23,25,28);1H. The van der Waals surface area contributed by atoms with Crippen molar-refractivity contribution in [3.05, 3.63) is 35.4 Å². The molecular weight excluding hydrogens is 388 g/mol. The van der Waals surface area contributed by atoms with Crippen LogP contribution in [0.4, 0.5) is 4.79 Å². The van der Waals surface area contributed by atoms with Gasteiger partial charge in [-0.3, -0.25) is 4.79 Å². The third kappa shape index (κ3) is 6.89. The normalized spacial score (nSPS) is 21.9. The van der Waals surface area contributed by atoms with E-state index in [1.807, 2.05) is 36.1 Å². The minimum Gasteiger partial charge on any atom is -0.339 e. The van der Waals surface area contributed by atoms with Gasteiger partial charge in [-0.25, -0.2) is 4.79 Å². The Morgan fingerprint density at radius 1 is 1.14 bits per heavy atom. The summed E-state index contributed by atoms with van der Waals surface area (Å²) in [5.74, 6) is 0.376. The van der Waals surface area contributed by atoms with Gasteiger partial charge in [0.2, 0.25) is 5.91 Å². The van der Waals surface area contributed by atoms with E-state index in [-0.39, 0.29) is 24.3 Å². The number of carbonyl (C=O) groups excluding carboxylic acids is 2. The van der Waals surface area contributed by atoms with Crippen LogP contribution in [0.25, 0.3) is 0 Å². The van der Waals surface area contributed by atoms with Crippen molar-refractivity contribution in [3.8, 4) is 0 Å². The molecule has 0 radical (unpaired) electrons. The van der Waals surface area contributed by atoms with Gasteiger partial charge in [0.05, 0.1) is 0 Å². The number of benzene rings is 1. The molecule has 0 aromatic heterocycles. The van der Waals surface area contributed by atoms with Crippen molar-refractivity contribution in [3.63, 3.8) is 0 Å². The SMILES string of the molecule is Cc1ccc(CNC(=O)NC(CC(C)C)C(=O)N2CCC3CCC(C2)N3)cc1.Cl. The molecule has 2 aliphatic heterocycles. The van der Waals surface area contributed by atoms with E-state index in [4.69, 9.17) is 0 Å². The Kier molecular flexibility index (Phi) is 8.78. The lowest BCUT2D eigenvalue weighted by Gasteiger charge is -2.30. The zero-order chi connectivity index (χ0) is 20.1. The first kappa shape index (κ1) is 23.5. The van der Waals surface area contributed by atoms with E-state index in [9.17, 15) is 9.59 Å². The van der Waals surface area contributed by atoms with Crippen molar-refractivity contribution in [1.29, 1.82) is 0 Å². The maximum Gasteiger partial charge on any atom is 0.315 e. The van der Waals surface area contributed by atoms with Crippen molar-refractivity contribution in [2.75, 3.05) is 13.1 Å². The second kappa shape index (κ2) is 10.8. The van der Waals surface area contributed by atoms with Crippen LogP contribution in [-0.4, -0.2) is 48.1 Å². The lowest BCUT2D eigenvalue weighted by atomic mass is 10.0. The second-order valence-corrected chi connectivity index (χ2v) is 8.71. The van der Waals surface area contributed by atoms with Gasteiger partial charge >= 0.3 is 6.03 Å². The summed E-state index contributed by atoms with van der Waals surface area (Å²) in [5, 5.41) is 9.42. The highest BCUT2D eigenvalue weighted by Crippen LogP contribution is 2.21. The van der Waals surface area contributed by atoms with Gasteiger partial charge < -0.3 is 20.9 Å². The third-order valence-corrected chi connectivity index (χ3v) is 5.72. The maximum absolute atomic E-state index is 13.2. The quantitative estimate of drug-likeness (QED) is 0.659. The number of likely N-dealkylation sites (tertiary alicyclic amines) is 1. The van der Waals surface area contributed by atoms with Crippen LogP contribution in [0.3, 0.4) is 0 Å². The van der Waals surface area contributed by atoms with Crippen LogP contribution in [0.1, 0.15) is 50.7 Å². The molecule has 6 nitrogen and oxygen atoms in total. The lowest BCUT2D eigenvalue weighted by molar-refractivity contribution is -0.133. The van der Waals surface area contributed by atoms with E-state index in [2.05, 4.69) is 29.8 Å². The number of amides is 3. The number of carbonyl (C=O) groups is 2. The monoisotopic (exact) mass is 422 g/mol. The highest BCUT2D eigenvalue weighted by Gasteiger charge is 2.34. The molecule has 0 aliphatic carbocycles. The molecule has 1 aromatic rings. The summed E-state index contributed by atoms with van der Waals surface area (Å²) in [6, 6.07) is 8.24. The Hall–Kier alpha value is -1.79. The van der Waals surface area contributed by atoms with Crippen LogP contribution in [0.2, 0.25) is 0 Å². The van der Waals surface area contributed by atoms with Crippen LogP contribution in [-0.2, 0) is 11.3 Å². The molecule has 29 heavy (non-hydrogen) atoms. The Bertz CT molecular complexity index is 680. The van der Waals surface area contributed by atoms with Crippen molar-refractivity contribution < 1.29 is 9.59 Å². The molecule has 0 saturated carbocycles. The molecule has 3 rings (SSSR count). The fourth-order valence-electron chi connectivity index (χ4n) is 4.15. The number of halogens is 1. The molecule has 2 saturated heterocycles. The van der Waals surface area contributed by atoms with Gasteiger partial charge in [0.25, 0.3) is 0 Å². The highest BCUT2D eigenvalue weighted by atomic mass is 35.5. The van der Waals surface area contributed by atoms with Crippen molar-refractivity contribution in [2.24, 2.45) is 5.92 Å². The van der Waals surface area contributed by atoms with Gasteiger partial charge in [-0.05, 0) is 44.1 Å². The number of rotatable bonds is 6. The average molecular weight is 423 g/mol. The predicted molar refractivity (Wildman–Crippen MR) is 118 cm³/mol. The van der Waals surface area contributed by atoms with Gasteiger partial charge in [0, 0.05) is 31.7 Å². The summed E-state index contributed by atoms with van der Waals surface area (Å²) in [6.45, 7) is 8.17. The van der Waals surface area contributed by atoms with E-state index >= 15 is 0 Å². The van der Waals surface area contributed by atoms with Crippen molar-refractivity contribution in [1.82, 2.24) is 20.9 Å². The van der Waals surface area contributed by atoms with E-state index in [0.717, 1.165) is 31.5 Å². The number of hydrogen-bond donors (Lipinski definition) is 3. The summed E-state index contributed by atoms with van der Waals surface area (Å²) in [5.41, 5.74) is 2.23.